The van der Waals surface area contributed by atoms with Crippen molar-refractivity contribution < 1.29 is 4.74 Å². The Labute approximate surface area is 78.9 Å². The summed E-state index contributed by atoms with van der Waals surface area (Å²) in [6.45, 7) is 2.66. The van der Waals surface area contributed by atoms with Crippen LogP contribution < -0.4 is 5.32 Å². The van der Waals surface area contributed by atoms with Crippen molar-refractivity contribution in [3.05, 3.63) is 35.9 Å². The lowest BCUT2D eigenvalue weighted by molar-refractivity contribution is 0.150. The smallest absolute Gasteiger partial charge is 0.0591 e. The number of rotatable bonds is 1. The van der Waals surface area contributed by atoms with Gasteiger partial charge in [-0.15, -0.1) is 0 Å². The average Bonchev–Trinajstić information content (AvgIpc) is 2.47. The van der Waals surface area contributed by atoms with Crippen LogP contribution in [0.25, 0.3) is 0 Å². The highest BCUT2D eigenvalue weighted by molar-refractivity contribution is 5.18. The van der Waals surface area contributed by atoms with Gasteiger partial charge in [0, 0.05) is 19.2 Å². The summed E-state index contributed by atoms with van der Waals surface area (Å²) in [7, 11) is 0. The highest BCUT2D eigenvalue weighted by Crippen LogP contribution is 2.17. The molecule has 1 saturated heterocycles. The van der Waals surface area contributed by atoms with Gasteiger partial charge in [0.15, 0.2) is 0 Å². The summed E-state index contributed by atoms with van der Waals surface area (Å²) in [5.74, 6) is 0. The molecule has 1 N–H and O–H groups in total. The number of ether oxygens (including phenoxy) is 1. The molecule has 13 heavy (non-hydrogen) atoms. The van der Waals surface area contributed by atoms with Crippen LogP contribution in [0.4, 0.5) is 0 Å². The topological polar surface area (TPSA) is 21.3 Å². The van der Waals surface area contributed by atoms with Crippen molar-refractivity contribution in [2.24, 2.45) is 0 Å². The van der Waals surface area contributed by atoms with Crippen LogP contribution in [0, 0.1) is 0 Å². The Morgan fingerprint density at radius 2 is 2.00 bits per heavy atom. The van der Waals surface area contributed by atoms with Crippen LogP contribution >= 0.6 is 0 Å². The highest BCUT2D eigenvalue weighted by Gasteiger charge is 2.12. The first-order chi connectivity index (χ1) is 6.47. The predicted molar refractivity (Wildman–Crippen MR) is 52.6 cm³/mol. The molecule has 1 aromatic carbocycles. The van der Waals surface area contributed by atoms with Crippen molar-refractivity contribution in [1.82, 2.24) is 5.32 Å². The molecule has 2 nitrogen and oxygen atoms in total. The molecule has 1 aliphatic heterocycles. The molecule has 1 aliphatic rings. The second kappa shape index (κ2) is 4.40. The van der Waals surface area contributed by atoms with Gasteiger partial charge in [0.05, 0.1) is 6.61 Å². The Bertz CT molecular complexity index is 240. The maximum Gasteiger partial charge on any atom is 0.0591 e. The maximum atomic E-state index is 5.38. The SMILES string of the molecule is c1ccc([C@H]2CCOCCN2)cc1. The van der Waals surface area contributed by atoms with Crippen molar-refractivity contribution in [2.75, 3.05) is 19.8 Å². The molecule has 0 amide bonds. The van der Waals surface area contributed by atoms with E-state index >= 15 is 0 Å². The predicted octanol–water partition coefficient (Wildman–Crippen LogP) is 1.74. The van der Waals surface area contributed by atoms with Crippen LogP contribution in [0.5, 0.6) is 0 Å². The number of benzene rings is 1. The van der Waals surface area contributed by atoms with Gasteiger partial charge in [-0.1, -0.05) is 30.3 Å². The normalized spacial score (nSPS) is 23.8. The largest absolute Gasteiger partial charge is 0.380 e. The maximum absolute atomic E-state index is 5.38. The fourth-order valence-electron chi connectivity index (χ4n) is 1.68. The molecular weight excluding hydrogens is 162 g/mol. The summed E-state index contributed by atoms with van der Waals surface area (Å²) in [6, 6.07) is 11.0. The molecule has 2 heteroatoms. The second-order valence-corrected chi connectivity index (χ2v) is 3.32. The fraction of sp³-hybridized carbons (Fsp3) is 0.455. The molecule has 1 fully saturated rings. The fourth-order valence-corrected chi connectivity index (χ4v) is 1.68. The molecule has 70 valence electrons. The molecule has 1 aromatic rings. The van der Waals surface area contributed by atoms with E-state index in [1.54, 1.807) is 0 Å². The Hall–Kier alpha value is -0.860. The van der Waals surface area contributed by atoms with Gasteiger partial charge >= 0.3 is 0 Å². The van der Waals surface area contributed by atoms with Crippen LogP contribution in [0.3, 0.4) is 0 Å². The Morgan fingerprint density at radius 1 is 1.15 bits per heavy atom. The van der Waals surface area contributed by atoms with Crippen molar-refractivity contribution in [1.29, 1.82) is 0 Å². The van der Waals surface area contributed by atoms with Crippen LogP contribution in [0.15, 0.2) is 30.3 Å². The van der Waals surface area contributed by atoms with E-state index in [1.807, 2.05) is 0 Å². The van der Waals surface area contributed by atoms with Gasteiger partial charge in [0.2, 0.25) is 0 Å². The van der Waals surface area contributed by atoms with Crippen molar-refractivity contribution >= 4 is 0 Å². The minimum absolute atomic E-state index is 0.476. The van der Waals surface area contributed by atoms with Gasteiger partial charge in [-0.25, -0.2) is 0 Å². The summed E-state index contributed by atoms with van der Waals surface area (Å²) in [4.78, 5) is 0. The molecule has 0 bridgehead atoms. The summed E-state index contributed by atoms with van der Waals surface area (Å²) < 4.78 is 5.38. The quantitative estimate of drug-likeness (QED) is 0.705. The summed E-state index contributed by atoms with van der Waals surface area (Å²) >= 11 is 0. The summed E-state index contributed by atoms with van der Waals surface area (Å²) in [6.07, 6.45) is 1.07. The number of hydrogen-bond donors (Lipinski definition) is 1. The molecule has 0 aromatic heterocycles. The molecule has 0 radical (unpaired) electrons. The highest BCUT2D eigenvalue weighted by atomic mass is 16.5. The van der Waals surface area contributed by atoms with E-state index in [0.29, 0.717) is 6.04 Å². The number of nitrogens with one attached hydrogen (secondary N) is 1. The van der Waals surface area contributed by atoms with Gasteiger partial charge in [-0.05, 0) is 12.0 Å². The molecule has 0 spiro atoms. The lowest BCUT2D eigenvalue weighted by atomic mass is 10.0. The zero-order valence-corrected chi connectivity index (χ0v) is 7.70. The van der Waals surface area contributed by atoms with E-state index in [1.165, 1.54) is 5.56 Å². The molecule has 0 saturated carbocycles. The zero-order chi connectivity index (χ0) is 8.93. The molecule has 0 unspecified atom stereocenters. The second-order valence-electron chi connectivity index (χ2n) is 3.32. The molecule has 0 aliphatic carbocycles. The van der Waals surface area contributed by atoms with Gasteiger partial charge in [-0.2, -0.15) is 0 Å². The Balaban J connectivity index is 2.06. The third-order valence-electron chi connectivity index (χ3n) is 2.39. The van der Waals surface area contributed by atoms with Crippen LogP contribution in [-0.4, -0.2) is 19.8 Å². The van der Waals surface area contributed by atoms with E-state index in [2.05, 4.69) is 35.6 Å². The zero-order valence-electron chi connectivity index (χ0n) is 7.70. The van der Waals surface area contributed by atoms with Gasteiger partial charge < -0.3 is 10.1 Å². The first-order valence-corrected chi connectivity index (χ1v) is 4.83. The van der Waals surface area contributed by atoms with Crippen molar-refractivity contribution in [3.63, 3.8) is 0 Å². The summed E-state index contributed by atoms with van der Waals surface area (Å²) in [5, 5.41) is 3.47. The van der Waals surface area contributed by atoms with Crippen molar-refractivity contribution in [3.8, 4) is 0 Å². The first-order valence-electron chi connectivity index (χ1n) is 4.83. The number of hydrogen-bond acceptors (Lipinski definition) is 2. The van der Waals surface area contributed by atoms with E-state index < -0.39 is 0 Å². The summed E-state index contributed by atoms with van der Waals surface area (Å²) in [5.41, 5.74) is 1.37. The Kier molecular flexibility index (Phi) is 2.95. The van der Waals surface area contributed by atoms with Crippen molar-refractivity contribution in [2.45, 2.75) is 12.5 Å². The van der Waals surface area contributed by atoms with E-state index in [0.717, 1.165) is 26.2 Å². The monoisotopic (exact) mass is 177 g/mol. The average molecular weight is 177 g/mol. The third kappa shape index (κ3) is 2.29. The molecule has 2 rings (SSSR count). The van der Waals surface area contributed by atoms with E-state index in [-0.39, 0.29) is 0 Å². The van der Waals surface area contributed by atoms with Gasteiger partial charge in [0.25, 0.3) is 0 Å². The Morgan fingerprint density at radius 3 is 2.85 bits per heavy atom. The lowest BCUT2D eigenvalue weighted by Gasteiger charge is -2.14. The first kappa shape index (κ1) is 8.73. The van der Waals surface area contributed by atoms with Crippen LogP contribution in [0.2, 0.25) is 0 Å². The third-order valence-corrected chi connectivity index (χ3v) is 2.39. The molecular formula is C11H15NO. The van der Waals surface area contributed by atoms with Gasteiger partial charge in [0.1, 0.15) is 0 Å². The van der Waals surface area contributed by atoms with E-state index in [9.17, 15) is 0 Å². The lowest BCUT2D eigenvalue weighted by Crippen LogP contribution is -2.21. The molecule has 1 heterocycles. The minimum Gasteiger partial charge on any atom is -0.380 e. The molecule has 1 atom stereocenters. The van der Waals surface area contributed by atoms with E-state index in [4.69, 9.17) is 4.74 Å². The van der Waals surface area contributed by atoms with Crippen LogP contribution in [-0.2, 0) is 4.74 Å². The standard InChI is InChI=1S/C11H15NO/c1-2-4-10(5-3-1)11-6-8-13-9-7-12-11/h1-5,11-12H,6-9H2/t11-/m1/s1. The van der Waals surface area contributed by atoms with Crippen LogP contribution in [0.1, 0.15) is 18.0 Å². The van der Waals surface area contributed by atoms with Gasteiger partial charge in [-0.3, -0.25) is 0 Å². The minimum atomic E-state index is 0.476.